The van der Waals surface area contributed by atoms with E-state index in [1.165, 1.54) is 37.7 Å². The Morgan fingerprint density at radius 2 is 1.33 bits per heavy atom. The molecular formula is C54H58N12O7S2. The maximum absolute atomic E-state index is 14.4. The van der Waals surface area contributed by atoms with E-state index < -0.39 is 48.2 Å². The van der Waals surface area contributed by atoms with E-state index in [0.717, 1.165) is 37.7 Å². The summed E-state index contributed by atoms with van der Waals surface area (Å²) in [6.45, 7) is 7.34. The minimum atomic E-state index is -4.08. The van der Waals surface area contributed by atoms with Crippen molar-refractivity contribution in [2.24, 2.45) is 5.14 Å². The molecule has 19 nitrogen and oxygen atoms in total. The number of nitrogens with one attached hydrogen (secondary N) is 8. The second-order valence-electron chi connectivity index (χ2n) is 19.6. The van der Waals surface area contributed by atoms with Crippen molar-refractivity contribution in [2.75, 3.05) is 41.4 Å². The maximum Gasteiger partial charge on any atom is 0.259 e. The van der Waals surface area contributed by atoms with Gasteiger partial charge in [0, 0.05) is 35.5 Å². The monoisotopic (exact) mass is 1050 g/mol. The quantitative estimate of drug-likeness (QED) is 0.0462. The molecule has 75 heavy (non-hydrogen) atoms. The number of likely N-dealkylation sites (tertiary alicyclic amines) is 1. The van der Waals surface area contributed by atoms with Crippen molar-refractivity contribution in [2.45, 2.75) is 80.0 Å². The van der Waals surface area contributed by atoms with Crippen LogP contribution in [-0.4, -0.2) is 84.5 Å². The fourth-order valence-electron chi connectivity index (χ4n) is 10.4. The number of piperidine rings is 1. The van der Waals surface area contributed by atoms with Crippen LogP contribution in [-0.2, 0) is 24.8 Å². The molecular weight excluding hydrogens is 993 g/mol. The van der Waals surface area contributed by atoms with Crippen LogP contribution in [0.1, 0.15) is 69.4 Å². The minimum Gasteiger partial charge on any atom is -0.358 e. The summed E-state index contributed by atoms with van der Waals surface area (Å²) in [6, 6.07) is 28.8. The second kappa shape index (κ2) is 20.2. The Balaban J connectivity index is 0.898. The van der Waals surface area contributed by atoms with Gasteiger partial charge in [0.1, 0.15) is 33.4 Å². The Hall–Kier alpha value is -7.69. The molecule has 10 rings (SSSR count). The summed E-state index contributed by atoms with van der Waals surface area (Å²) in [5.41, 5.74) is 1.79. The molecule has 0 radical (unpaired) electrons. The summed E-state index contributed by atoms with van der Waals surface area (Å²) in [5.74, 6) is 0.202. The van der Waals surface area contributed by atoms with E-state index in [1.54, 1.807) is 106 Å². The number of amides is 1. The van der Waals surface area contributed by atoms with Crippen molar-refractivity contribution in [1.82, 2.24) is 34.9 Å². The summed E-state index contributed by atoms with van der Waals surface area (Å²) in [5, 5.41) is 21.9. The molecule has 0 spiro atoms. The molecule has 1 saturated carbocycles. The lowest BCUT2D eigenvalue weighted by atomic mass is 9.84. The van der Waals surface area contributed by atoms with Gasteiger partial charge in [0.2, 0.25) is 26.0 Å². The lowest BCUT2D eigenvalue weighted by Gasteiger charge is -2.42. The van der Waals surface area contributed by atoms with Crippen molar-refractivity contribution in [3.8, 4) is 0 Å². The van der Waals surface area contributed by atoms with Gasteiger partial charge in [-0.15, -0.1) is 0 Å². The SMILES string of the molecule is CNS(=O)(=O)C1C(C)=CC=C(NC(=O)C(C)c2ccc(Nc3nc(Nc4ccccc4S(N)(=O)=O)cc4cc[nH]c(=O)c34)cc2)C1(C)Nc1cc2cc[nH]c(=O)c2c(Nc2ccc(C3CCN(C4CC4)CC3)cc2)n1. The number of hydrogen-bond acceptors (Lipinski definition) is 14. The van der Waals surface area contributed by atoms with Gasteiger partial charge in [0.15, 0.2) is 0 Å². The number of carbonyl (C=O) groups excluding carboxylic acids is 1. The first-order chi connectivity index (χ1) is 35.9. The Kier molecular flexibility index (Phi) is 13.7. The number of benzene rings is 3. The largest absolute Gasteiger partial charge is 0.358 e. The number of primary sulfonamides is 1. The lowest BCUT2D eigenvalue weighted by Crippen LogP contribution is -2.59. The molecule has 10 N–H and O–H groups in total. The van der Waals surface area contributed by atoms with Crippen molar-refractivity contribution >= 4 is 87.8 Å². The number of aromatic amines is 2. The van der Waals surface area contributed by atoms with Crippen LogP contribution in [0.15, 0.2) is 147 Å². The number of nitrogens with two attached hydrogens (primary N) is 1. The van der Waals surface area contributed by atoms with Crippen LogP contribution in [0.25, 0.3) is 21.5 Å². The smallest absolute Gasteiger partial charge is 0.259 e. The van der Waals surface area contributed by atoms with Crippen molar-refractivity contribution < 1.29 is 21.6 Å². The molecule has 3 atom stereocenters. The molecule has 0 bridgehead atoms. The van der Waals surface area contributed by atoms with Gasteiger partial charge in [-0.2, -0.15) is 0 Å². The predicted molar refractivity (Wildman–Crippen MR) is 294 cm³/mol. The molecule has 3 unspecified atom stereocenters. The minimum absolute atomic E-state index is 0.134. The van der Waals surface area contributed by atoms with Crippen LogP contribution < -0.4 is 47.6 Å². The normalized spacial score (nSPS) is 19.0. The third-order valence-electron chi connectivity index (χ3n) is 14.5. The Morgan fingerprint density at radius 1 is 0.760 bits per heavy atom. The van der Waals surface area contributed by atoms with Crippen molar-refractivity contribution in [3.63, 3.8) is 0 Å². The summed E-state index contributed by atoms with van der Waals surface area (Å²) in [6.07, 6.45) is 11.2. The van der Waals surface area contributed by atoms with E-state index in [-0.39, 0.29) is 50.5 Å². The number of H-pyrrole nitrogens is 2. The first kappa shape index (κ1) is 50.8. The van der Waals surface area contributed by atoms with E-state index in [9.17, 15) is 31.2 Å². The molecule has 5 heterocycles. The average molecular weight is 1050 g/mol. The number of hydrogen-bond donors (Lipinski definition) is 9. The average Bonchev–Trinajstić information content (AvgIpc) is 4.24. The molecule has 3 aromatic carbocycles. The number of fused-ring (bicyclic) bond motifs is 2. The maximum atomic E-state index is 14.4. The zero-order valence-electron chi connectivity index (χ0n) is 41.7. The molecule has 388 valence electrons. The van der Waals surface area contributed by atoms with Crippen molar-refractivity contribution in [3.05, 3.63) is 165 Å². The third kappa shape index (κ3) is 10.5. The number of nitrogens with zero attached hydrogens (tertiary/aromatic N) is 3. The highest BCUT2D eigenvalue weighted by molar-refractivity contribution is 7.90. The van der Waals surface area contributed by atoms with Gasteiger partial charge in [0.05, 0.1) is 27.9 Å². The second-order valence-corrected chi connectivity index (χ2v) is 23.1. The fourth-order valence-corrected chi connectivity index (χ4v) is 12.7. The Labute approximate surface area is 433 Å². The van der Waals surface area contributed by atoms with E-state index in [0.29, 0.717) is 38.9 Å². The van der Waals surface area contributed by atoms with Crippen LogP contribution in [0.5, 0.6) is 0 Å². The summed E-state index contributed by atoms with van der Waals surface area (Å²) in [4.78, 5) is 58.4. The van der Waals surface area contributed by atoms with Gasteiger partial charge in [0.25, 0.3) is 11.1 Å². The number of sulfonamides is 2. The van der Waals surface area contributed by atoms with E-state index in [4.69, 9.17) is 10.1 Å². The number of para-hydroxylation sites is 1. The molecule has 1 aliphatic heterocycles. The molecule has 2 aliphatic carbocycles. The molecule has 1 amide bonds. The number of allylic oxidation sites excluding steroid dienone is 2. The van der Waals surface area contributed by atoms with E-state index >= 15 is 0 Å². The first-order valence-corrected chi connectivity index (χ1v) is 27.8. The number of rotatable bonds is 16. The molecule has 3 aliphatic rings. The summed E-state index contributed by atoms with van der Waals surface area (Å²) in [7, 11) is -6.82. The summed E-state index contributed by atoms with van der Waals surface area (Å²) >= 11 is 0. The van der Waals surface area contributed by atoms with Crippen LogP contribution in [0.2, 0.25) is 0 Å². The highest BCUT2D eigenvalue weighted by Gasteiger charge is 2.49. The van der Waals surface area contributed by atoms with E-state index in [2.05, 4.69) is 63.3 Å². The zero-order valence-corrected chi connectivity index (χ0v) is 43.3. The van der Waals surface area contributed by atoms with Gasteiger partial charge in [-0.1, -0.05) is 48.0 Å². The number of pyridine rings is 4. The topological polar surface area (TPSA) is 278 Å². The number of anilines is 7. The van der Waals surface area contributed by atoms with Crippen LogP contribution in [0, 0.1) is 0 Å². The molecule has 21 heteroatoms. The zero-order chi connectivity index (χ0) is 52.8. The van der Waals surface area contributed by atoms with Crippen LogP contribution in [0.3, 0.4) is 0 Å². The molecule has 7 aromatic rings. The molecule has 1 saturated heterocycles. The van der Waals surface area contributed by atoms with Crippen LogP contribution in [0.4, 0.5) is 40.3 Å². The Bertz CT molecular complexity index is 3780. The standard InChI is InChI=1S/C54H58N12O7S2/c1-31-9-20-43(62-51(67)32(2)33-10-14-38(15-11-33)59-49-46-36(21-25-57-52(46)68)29-44(63-49)61-41-7-5-6-8-42(41)74(55,70)71)54(3,48(31)75(72,73)56-4)65-45-30-37-22-26-58-53(69)47(37)50(64-45)60-39-16-12-34(13-17-39)35-23-27-66(28-24-35)40-18-19-40/h5-17,20-22,25-26,29-30,32,35,40,48,56H,18-19,23-24,27-28H2,1-4H3,(H,57,68)(H,58,69)(H,62,67)(H2,55,70,71)(H2,59,61,63)(H2,60,64,65). The lowest BCUT2D eigenvalue weighted by molar-refractivity contribution is -0.121. The Morgan fingerprint density at radius 3 is 1.92 bits per heavy atom. The summed E-state index contributed by atoms with van der Waals surface area (Å²) < 4.78 is 55.3. The first-order valence-electron chi connectivity index (χ1n) is 24.7. The predicted octanol–water partition coefficient (Wildman–Crippen LogP) is 7.23. The molecule has 2 fully saturated rings. The van der Waals surface area contributed by atoms with Gasteiger partial charge in [-0.3, -0.25) is 14.4 Å². The van der Waals surface area contributed by atoms with E-state index in [1.807, 2.05) is 12.1 Å². The highest BCUT2D eigenvalue weighted by Crippen LogP contribution is 2.39. The van der Waals surface area contributed by atoms with Crippen molar-refractivity contribution in [1.29, 1.82) is 0 Å². The van der Waals surface area contributed by atoms with Gasteiger partial charge in [-0.05, 0) is 161 Å². The van der Waals surface area contributed by atoms with Crippen LogP contribution >= 0.6 is 0 Å². The third-order valence-corrected chi connectivity index (χ3v) is 17.5. The molecule has 4 aromatic heterocycles. The fraction of sp³-hybridized carbons (Fsp3) is 0.278. The van der Waals surface area contributed by atoms with Gasteiger partial charge >= 0.3 is 0 Å². The number of aromatic nitrogens is 4. The number of carbonyl (C=O) groups is 1. The highest BCUT2D eigenvalue weighted by atomic mass is 32.2. The van der Waals surface area contributed by atoms with Gasteiger partial charge in [-0.25, -0.2) is 36.7 Å². The van der Waals surface area contributed by atoms with Gasteiger partial charge < -0.3 is 41.5 Å².